The summed E-state index contributed by atoms with van der Waals surface area (Å²) in [7, 11) is 0. The van der Waals surface area contributed by atoms with Crippen molar-refractivity contribution in [3.8, 4) is 0 Å². The first-order chi connectivity index (χ1) is 14.0. The quantitative estimate of drug-likeness (QED) is 0.611. The Morgan fingerprint density at radius 2 is 1.59 bits per heavy atom. The third kappa shape index (κ3) is 4.20. The van der Waals surface area contributed by atoms with E-state index in [1.807, 2.05) is 0 Å². The summed E-state index contributed by atoms with van der Waals surface area (Å²) in [5.74, 6) is 1.37. The zero-order valence-corrected chi connectivity index (χ0v) is 17.8. The molecule has 0 aromatic heterocycles. The van der Waals surface area contributed by atoms with Crippen LogP contribution < -0.4 is 22.1 Å². The second-order valence-corrected chi connectivity index (χ2v) is 10.4. The average molecular weight is 398 g/mol. The Morgan fingerprint density at radius 1 is 0.897 bits per heavy atom. The summed E-state index contributed by atoms with van der Waals surface area (Å²) in [6, 6.07) is 8.48. The highest BCUT2D eigenvalue weighted by Crippen LogP contribution is 2.45. The molecule has 5 heteroatoms. The molecule has 2 aliphatic carbocycles. The van der Waals surface area contributed by atoms with Crippen LogP contribution in [0.3, 0.4) is 0 Å². The van der Waals surface area contributed by atoms with Crippen LogP contribution in [0.25, 0.3) is 0 Å². The number of hydrogen-bond donors (Lipinski definition) is 4. The number of anilines is 1. The van der Waals surface area contributed by atoms with Gasteiger partial charge in [0.2, 0.25) is 0 Å². The van der Waals surface area contributed by atoms with Gasteiger partial charge in [-0.2, -0.15) is 0 Å². The first kappa shape index (κ1) is 19.8. The topological polar surface area (TPSA) is 79.3 Å². The molecule has 3 fully saturated rings. The summed E-state index contributed by atoms with van der Waals surface area (Å²) < 4.78 is 0. The average Bonchev–Trinajstić information content (AvgIpc) is 3.53. The summed E-state index contributed by atoms with van der Waals surface area (Å²) >= 11 is 0. The van der Waals surface area contributed by atoms with E-state index in [9.17, 15) is 0 Å². The Hall–Kier alpha value is -1.14. The molecule has 29 heavy (non-hydrogen) atoms. The van der Waals surface area contributed by atoms with E-state index < -0.39 is 11.4 Å². The lowest BCUT2D eigenvalue weighted by molar-refractivity contribution is 0.0901. The van der Waals surface area contributed by atoms with E-state index in [0.29, 0.717) is 5.92 Å². The summed E-state index contributed by atoms with van der Waals surface area (Å²) in [5, 5.41) is 7.40. The van der Waals surface area contributed by atoms with Gasteiger partial charge < -0.3 is 16.0 Å². The van der Waals surface area contributed by atoms with Crippen molar-refractivity contribution in [1.29, 1.82) is 0 Å². The number of piperidine rings is 1. The van der Waals surface area contributed by atoms with Crippen LogP contribution >= 0.6 is 0 Å². The molecule has 0 bridgehead atoms. The smallest absolute Gasteiger partial charge is 0.145 e. The van der Waals surface area contributed by atoms with Gasteiger partial charge in [0.25, 0.3) is 0 Å². The number of nitrogens with one attached hydrogen (secondary N) is 2. The number of para-hydroxylation sites is 1. The van der Waals surface area contributed by atoms with E-state index in [1.165, 1.54) is 83.0 Å². The third-order valence-electron chi connectivity index (χ3n) is 7.94. The van der Waals surface area contributed by atoms with Gasteiger partial charge in [0.1, 0.15) is 5.79 Å². The number of likely N-dealkylation sites (tertiary alicyclic amines) is 1. The number of nitrogens with two attached hydrogens (primary N) is 2. The fourth-order valence-corrected chi connectivity index (χ4v) is 6.12. The van der Waals surface area contributed by atoms with E-state index in [2.05, 4.69) is 39.8 Å². The van der Waals surface area contributed by atoms with E-state index in [4.69, 9.17) is 11.5 Å². The lowest BCUT2D eigenvalue weighted by atomic mass is 9.76. The summed E-state index contributed by atoms with van der Waals surface area (Å²) in [4.78, 5) is 2.70. The van der Waals surface area contributed by atoms with Crippen LogP contribution in [-0.4, -0.2) is 30.3 Å². The standard InChI is InChI=1S/C24H39N5/c25-23(16-18-8-9-18)21-6-2-3-7-22(21)27-24(26,28-23)20-12-10-19(11-13-20)17-29-14-4-1-5-15-29/h2-3,6-7,18-20,27-28H,1,4-5,8-17,25-26H2/t19-,20-,23?,24?. The van der Waals surface area contributed by atoms with Crippen LogP contribution in [0.15, 0.2) is 24.3 Å². The Kier molecular flexibility index (Phi) is 5.35. The number of fused-ring (bicyclic) bond motifs is 1. The molecule has 2 atom stereocenters. The summed E-state index contributed by atoms with van der Waals surface area (Å²) in [6.07, 6.45) is 12.7. The maximum absolute atomic E-state index is 7.04. The lowest BCUT2D eigenvalue weighted by Gasteiger charge is -2.52. The predicted molar refractivity (Wildman–Crippen MR) is 119 cm³/mol. The maximum Gasteiger partial charge on any atom is 0.145 e. The van der Waals surface area contributed by atoms with Crippen molar-refractivity contribution in [1.82, 2.24) is 10.2 Å². The molecule has 1 aromatic rings. The van der Waals surface area contributed by atoms with E-state index >= 15 is 0 Å². The van der Waals surface area contributed by atoms with Gasteiger partial charge in [-0.25, -0.2) is 0 Å². The van der Waals surface area contributed by atoms with Gasteiger partial charge in [-0.15, -0.1) is 0 Å². The lowest BCUT2D eigenvalue weighted by Crippen LogP contribution is -2.74. The fraction of sp³-hybridized carbons (Fsp3) is 0.750. The molecule has 1 aromatic carbocycles. The van der Waals surface area contributed by atoms with Crippen LogP contribution in [0, 0.1) is 17.8 Å². The minimum Gasteiger partial charge on any atom is -0.355 e. The number of nitrogens with zero attached hydrogens (tertiary/aromatic N) is 1. The SMILES string of the molecule is NC1(CC2CC2)NC(N)([C@H]2CC[C@H](CN3CCCCC3)CC2)Nc2ccccc21. The van der Waals surface area contributed by atoms with Gasteiger partial charge in [-0.3, -0.25) is 11.1 Å². The van der Waals surface area contributed by atoms with Crippen molar-refractivity contribution in [2.45, 2.75) is 75.7 Å². The highest BCUT2D eigenvalue weighted by molar-refractivity contribution is 5.58. The van der Waals surface area contributed by atoms with Gasteiger partial charge in [0.15, 0.2) is 0 Å². The number of hydrogen-bond acceptors (Lipinski definition) is 5. The number of benzene rings is 1. The molecule has 5 rings (SSSR count). The number of rotatable bonds is 5. The van der Waals surface area contributed by atoms with Crippen molar-refractivity contribution >= 4 is 5.69 Å². The molecule has 0 radical (unpaired) electrons. The first-order valence-corrected chi connectivity index (χ1v) is 12.0. The van der Waals surface area contributed by atoms with E-state index in [1.54, 1.807) is 0 Å². The highest BCUT2D eigenvalue weighted by atomic mass is 15.4. The molecule has 4 aliphatic rings. The minimum atomic E-state index is -0.617. The molecule has 2 aliphatic heterocycles. The molecule has 1 saturated heterocycles. The molecule has 2 unspecified atom stereocenters. The summed E-state index contributed by atoms with van der Waals surface area (Å²) in [6.45, 7) is 3.89. The molecule has 2 heterocycles. The molecule has 0 spiro atoms. The van der Waals surface area contributed by atoms with E-state index in [-0.39, 0.29) is 0 Å². The molecule has 0 amide bonds. The molecular weight excluding hydrogens is 358 g/mol. The molecule has 160 valence electrons. The van der Waals surface area contributed by atoms with Crippen LogP contribution in [0.5, 0.6) is 0 Å². The second-order valence-electron chi connectivity index (χ2n) is 10.4. The van der Waals surface area contributed by atoms with Gasteiger partial charge in [-0.1, -0.05) is 37.5 Å². The largest absolute Gasteiger partial charge is 0.355 e. The van der Waals surface area contributed by atoms with Crippen LogP contribution in [0.4, 0.5) is 5.69 Å². The molecule has 5 nitrogen and oxygen atoms in total. The Morgan fingerprint density at radius 3 is 2.31 bits per heavy atom. The third-order valence-corrected chi connectivity index (χ3v) is 7.94. The van der Waals surface area contributed by atoms with Crippen LogP contribution in [-0.2, 0) is 5.66 Å². The Balaban J connectivity index is 1.27. The predicted octanol–water partition coefficient (Wildman–Crippen LogP) is 3.52. The van der Waals surface area contributed by atoms with Crippen molar-refractivity contribution in [2.24, 2.45) is 29.2 Å². The monoisotopic (exact) mass is 397 g/mol. The first-order valence-electron chi connectivity index (χ1n) is 12.0. The zero-order valence-electron chi connectivity index (χ0n) is 17.8. The van der Waals surface area contributed by atoms with Crippen molar-refractivity contribution < 1.29 is 0 Å². The second kappa shape index (κ2) is 7.84. The van der Waals surface area contributed by atoms with Crippen LogP contribution in [0.2, 0.25) is 0 Å². The Labute approximate surface area is 176 Å². The molecule has 2 saturated carbocycles. The van der Waals surface area contributed by atoms with Gasteiger partial charge >= 0.3 is 0 Å². The van der Waals surface area contributed by atoms with Crippen molar-refractivity contribution in [3.05, 3.63) is 29.8 Å². The van der Waals surface area contributed by atoms with Gasteiger partial charge in [0, 0.05) is 23.7 Å². The normalized spacial score (nSPS) is 38.3. The fourth-order valence-electron chi connectivity index (χ4n) is 6.12. The van der Waals surface area contributed by atoms with Gasteiger partial charge in [-0.05, 0) is 75.9 Å². The Bertz CT molecular complexity index is 705. The van der Waals surface area contributed by atoms with Crippen LogP contribution in [0.1, 0.15) is 69.8 Å². The summed E-state index contributed by atoms with van der Waals surface area (Å²) in [5.41, 5.74) is 15.8. The van der Waals surface area contributed by atoms with Gasteiger partial charge in [0.05, 0.1) is 5.66 Å². The zero-order chi connectivity index (χ0) is 19.9. The van der Waals surface area contributed by atoms with Crippen molar-refractivity contribution in [3.63, 3.8) is 0 Å². The molecule has 6 N–H and O–H groups in total. The molecular formula is C24H39N5. The van der Waals surface area contributed by atoms with Crippen molar-refractivity contribution in [2.75, 3.05) is 25.0 Å². The maximum atomic E-state index is 7.04. The highest BCUT2D eigenvalue weighted by Gasteiger charge is 2.49. The minimum absolute atomic E-state index is 0.413. The van der Waals surface area contributed by atoms with E-state index in [0.717, 1.165) is 23.9 Å².